The molecule has 0 aliphatic heterocycles. The Balaban J connectivity index is 2.77. The zero-order chi connectivity index (χ0) is 14.3. The van der Waals surface area contributed by atoms with Gasteiger partial charge in [0.05, 0.1) is 11.7 Å². The highest BCUT2D eigenvalue weighted by Gasteiger charge is 2.35. The van der Waals surface area contributed by atoms with E-state index in [1.54, 1.807) is 0 Å². The molecule has 1 aromatic rings. The van der Waals surface area contributed by atoms with Crippen LogP contribution < -0.4 is 0 Å². The van der Waals surface area contributed by atoms with Crippen LogP contribution in [0.5, 0.6) is 0 Å². The number of aromatic nitrogens is 1. The third-order valence-electron chi connectivity index (χ3n) is 3.93. The van der Waals surface area contributed by atoms with E-state index in [1.165, 1.54) is 5.56 Å². The normalized spacial score (nSPS) is 13.5. The topological polar surface area (TPSA) is 42.4 Å². The Morgan fingerprint density at radius 3 is 2.32 bits per heavy atom. The summed E-state index contributed by atoms with van der Waals surface area (Å²) in [7, 11) is 0. The van der Waals surface area contributed by atoms with Crippen LogP contribution in [0.15, 0.2) is 18.3 Å². The summed E-state index contributed by atoms with van der Waals surface area (Å²) in [5.74, 6) is 0. The summed E-state index contributed by atoms with van der Waals surface area (Å²) in [6, 6.07) is 4.08. The van der Waals surface area contributed by atoms with Crippen molar-refractivity contribution in [2.75, 3.05) is 6.61 Å². The van der Waals surface area contributed by atoms with Gasteiger partial charge in [0.2, 0.25) is 0 Å². The van der Waals surface area contributed by atoms with E-state index < -0.39 is 11.7 Å². The molecule has 0 saturated carbocycles. The van der Waals surface area contributed by atoms with E-state index in [2.05, 4.69) is 31.8 Å². The molecule has 1 heterocycles. The van der Waals surface area contributed by atoms with Crippen molar-refractivity contribution < 1.29 is 9.84 Å². The lowest BCUT2D eigenvalue weighted by Crippen LogP contribution is -2.45. The van der Waals surface area contributed by atoms with Crippen LogP contribution >= 0.6 is 0 Å². The number of aryl methyl sites for hydroxylation is 1. The van der Waals surface area contributed by atoms with Gasteiger partial charge in [-0.3, -0.25) is 4.98 Å². The summed E-state index contributed by atoms with van der Waals surface area (Å²) < 4.78 is 5.83. The highest BCUT2D eigenvalue weighted by Crippen LogP contribution is 2.27. The van der Waals surface area contributed by atoms with E-state index >= 15 is 0 Å². The number of aliphatic hydroxyl groups is 1. The van der Waals surface area contributed by atoms with Gasteiger partial charge in [0.15, 0.2) is 0 Å². The molecule has 0 fully saturated rings. The van der Waals surface area contributed by atoms with Crippen molar-refractivity contribution in [1.82, 2.24) is 4.98 Å². The molecule has 0 saturated heterocycles. The number of hydrogen-bond acceptors (Lipinski definition) is 3. The fourth-order valence-corrected chi connectivity index (χ4v) is 2.48. The van der Waals surface area contributed by atoms with Crippen molar-refractivity contribution in [3.8, 4) is 0 Å². The third kappa shape index (κ3) is 4.02. The first kappa shape index (κ1) is 16.1. The highest BCUT2D eigenvalue weighted by atomic mass is 16.5. The monoisotopic (exact) mass is 265 g/mol. The summed E-state index contributed by atoms with van der Waals surface area (Å²) in [5.41, 5.74) is 1.70. The molecule has 3 nitrogen and oxygen atoms in total. The summed E-state index contributed by atoms with van der Waals surface area (Å²) in [6.07, 6.45) is 4.54. The van der Waals surface area contributed by atoms with Crippen molar-refractivity contribution in [2.24, 2.45) is 0 Å². The Labute approximate surface area is 117 Å². The number of pyridine rings is 1. The predicted molar refractivity (Wildman–Crippen MR) is 78.3 cm³/mol. The minimum Gasteiger partial charge on any atom is -0.390 e. The molecule has 0 radical (unpaired) electrons. The minimum absolute atomic E-state index is 0.445. The third-order valence-corrected chi connectivity index (χ3v) is 3.93. The molecule has 0 aliphatic carbocycles. The van der Waals surface area contributed by atoms with Crippen molar-refractivity contribution in [2.45, 2.75) is 65.1 Å². The van der Waals surface area contributed by atoms with Gasteiger partial charge in [0.1, 0.15) is 0 Å². The van der Waals surface area contributed by atoms with Gasteiger partial charge in [0, 0.05) is 24.9 Å². The van der Waals surface area contributed by atoms with Gasteiger partial charge < -0.3 is 9.84 Å². The molecule has 1 unspecified atom stereocenters. The molecule has 0 amide bonds. The molecule has 1 rings (SSSR count). The summed E-state index contributed by atoms with van der Waals surface area (Å²) >= 11 is 0. The zero-order valence-electron chi connectivity index (χ0n) is 12.6. The van der Waals surface area contributed by atoms with E-state index in [9.17, 15) is 5.11 Å². The second-order valence-electron chi connectivity index (χ2n) is 4.94. The van der Waals surface area contributed by atoms with Crippen molar-refractivity contribution in [1.29, 1.82) is 0 Å². The standard InChI is InChI=1S/C16H27NO2/c1-5-13-9-10-14(17-12-13)11-15(18)16(6-2,7-3)19-8-4/h9-10,12,15,18H,5-8,11H2,1-4H3. The molecule has 19 heavy (non-hydrogen) atoms. The minimum atomic E-state index is -0.512. The van der Waals surface area contributed by atoms with Crippen molar-refractivity contribution in [3.63, 3.8) is 0 Å². The number of ether oxygens (including phenoxy) is 1. The Bertz CT molecular complexity index is 358. The molecule has 108 valence electrons. The zero-order valence-corrected chi connectivity index (χ0v) is 12.6. The van der Waals surface area contributed by atoms with Crippen molar-refractivity contribution >= 4 is 0 Å². The summed E-state index contributed by atoms with van der Waals surface area (Å²) in [4.78, 5) is 4.42. The lowest BCUT2D eigenvalue weighted by Gasteiger charge is -2.36. The Hall–Kier alpha value is -0.930. The average Bonchev–Trinajstić information content (AvgIpc) is 2.45. The molecule has 1 N–H and O–H groups in total. The van der Waals surface area contributed by atoms with Crippen LogP contribution in [0.2, 0.25) is 0 Å². The van der Waals surface area contributed by atoms with Crippen molar-refractivity contribution in [3.05, 3.63) is 29.6 Å². The van der Waals surface area contributed by atoms with Crippen LogP contribution in [-0.2, 0) is 17.6 Å². The van der Waals surface area contributed by atoms with Gasteiger partial charge in [-0.1, -0.05) is 26.8 Å². The summed E-state index contributed by atoms with van der Waals surface area (Å²) in [5, 5.41) is 10.5. The predicted octanol–water partition coefficient (Wildman–Crippen LogP) is 3.14. The molecule has 0 aliphatic rings. The molecule has 1 aromatic heterocycles. The van der Waals surface area contributed by atoms with Crippen LogP contribution in [0.4, 0.5) is 0 Å². The SMILES string of the molecule is CCOC(CC)(CC)C(O)Cc1ccc(CC)cn1. The maximum atomic E-state index is 10.5. The maximum Gasteiger partial charge on any atom is 0.0938 e. The van der Waals surface area contributed by atoms with Gasteiger partial charge in [-0.05, 0) is 37.8 Å². The largest absolute Gasteiger partial charge is 0.390 e. The lowest BCUT2D eigenvalue weighted by molar-refractivity contribution is -0.124. The molecular weight excluding hydrogens is 238 g/mol. The molecule has 3 heteroatoms. The molecule has 1 atom stereocenters. The van der Waals surface area contributed by atoms with Crippen LogP contribution in [0.1, 0.15) is 51.8 Å². The highest BCUT2D eigenvalue weighted by molar-refractivity contribution is 5.15. The fourth-order valence-electron chi connectivity index (χ4n) is 2.48. The second kappa shape index (κ2) is 7.61. The van der Waals surface area contributed by atoms with E-state index in [0.717, 1.165) is 25.0 Å². The van der Waals surface area contributed by atoms with Gasteiger partial charge >= 0.3 is 0 Å². The number of hydrogen-bond donors (Lipinski definition) is 1. The van der Waals surface area contributed by atoms with Gasteiger partial charge in [-0.15, -0.1) is 0 Å². The Morgan fingerprint density at radius 2 is 1.89 bits per heavy atom. The van der Waals surface area contributed by atoms with Crippen LogP contribution in [0.25, 0.3) is 0 Å². The van der Waals surface area contributed by atoms with Crippen LogP contribution in [-0.4, -0.2) is 28.4 Å². The Morgan fingerprint density at radius 1 is 1.21 bits per heavy atom. The molecular formula is C16H27NO2. The second-order valence-corrected chi connectivity index (χ2v) is 4.94. The number of aliphatic hydroxyl groups excluding tert-OH is 1. The van der Waals surface area contributed by atoms with Crippen LogP contribution in [0, 0.1) is 0 Å². The smallest absolute Gasteiger partial charge is 0.0938 e. The van der Waals surface area contributed by atoms with Gasteiger partial charge in [-0.2, -0.15) is 0 Å². The van der Waals surface area contributed by atoms with Crippen LogP contribution in [0.3, 0.4) is 0 Å². The first-order valence-corrected chi connectivity index (χ1v) is 7.37. The van der Waals surface area contributed by atoms with E-state index in [4.69, 9.17) is 4.74 Å². The quantitative estimate of drug-likeness (QED) is 0.785. The number of rotatable bonds is 8. The molecule has 0 spiro atoms. The molecule has 0 bridgehead atoms. The summed E-state index contributed by atoms with van der Waals surface area (Å²) in [6.45, 7) is 8.84. The first-order chi connectivity index (χ1) is 9.11. The lowest BCUT2D eigenvalue weighted by atomic mass is 9.87. The maximum absolute atomic E-state index is 10.5. The van der Waals surface area contributed by atoms with E-state index in [-0.39, 0.29) is 0 Å². The fraction of sp³-hybridized carbons (Fsp3) is 0.688. The average molecular weight is 265 g/mol. The number of nitrogens with zero attached hydrogens (tertiary/aromatic N) is 1. The Kier molecular flexibility index (Phi) is 6.46. The molecule has 0 aromatic carbocycles. The van der Waals surface area contributed by atoms with E-state index in [0.29, 0.717) is 13.0 Å². The van der Waals surface area contributed by atoms with Gasteiger partial charge in [0.25, 0.3) is 0 Å². The van der Waals surface area contributed by atoms with E-state index in [1.807, 2.05) is 19.2 Å². The first-order valence-electron chi connectivity index (χ1n) is 7.37. The van der Waals surface area contributed by atoms with Gasteiger partial charge in [-0.25, -0.2) is 0 Å².